The Hall–Kier alpha value is -0.570. The largest absolute Gasteiger partial charge is 0.340 e. The molecule has 1 saturated heterocycles. The van der Waals surface area contributed by atoms with Crippen molar-refractivity contribution in [3.8, 4) is 0 Å². The lowest BCUT2D eigenvalue weighted by atomic mass is 9.77. The van der Waals surface area contributed by atoms with Gasteiger partial charge in [0, 0.05) is 32.6 Å². The van der Waals surface area contributed by atoms with Crippen LogP contribution in [0.15, 0.2) is 0 Å². The molecule has 1 aliphatic heterocycles. The number of carbonyl (C=O) groups excluding carboxylic acids is 1. The first-order valence-corrected chi connectivity index (χ1v) is 6.79. The zero-order valence-electron chi connectivity index (χ0n) is 12.1. The molecule has 0 aromatic heterocycles. The smallest absolute Gasteiger partial charge is 0.222 e. The van der Waals surface area contributed by atoms with Crippen LogP contribution in [0.5, 0.6) is 0 Å². The molecule has 1 fully saturated rings. The summed E-state index contributed by atoms with van der Waals surface area (Å²) < 4.78 is 0. The molecule has 0 atom stereocenters. The lowest BCUT2D eigenvalue weighted by Crippen LogP contribution is -2.47. The minimum Gasteiger partial charge on any atom is -0.340 e. The van der Waals surface area contributed by atoms with Crippen molar-refractivity contribution in [2.45, 2.75) is 40.5 Å². The molecule has 0 radical (unpaired) electrons. The number of nitrogens with zero attached hydrogens (tertiary/aromatic N) is 2. The Balaban J connectivity index is 2.35. The van der Waals surface area contributed by atoms with Crippen LogP contribution >= 0.6 is 0 Å². The fourth-order valence-electron chi connectivity index (χ4n) is 1.93. The quantitative estimate of drug-likeness (QED) is 0.752. The molecule has 0 saturated carbocycles. The zero-order chi connectivity index (χ0) is 13.1. The molecular weight excluding hydrogens is 212 g/mol. The minimum atomic E-state index is 0.266. The van der Waals surface area contributed by atoms with E-state index in [2.05, 4.69) is 39.6 Å². The predicted molar refractivity (Wildman–Crippen MR) is 71.9 cm³/mol. The topological polar surface area (TPSA) is 23.6 Å². The van der Waals surface area contributed by atoms with E-state index in [0.717, 1.165) is 32.6 Å². The molecule has 1 amide bonds. The molecule has 0 N–H and O–H groups in total. The van der Waals surface area contributed by atoms with Gasteiger partial charge in [0.05, 0.1) is 0 Å². The van der Waals surface area contributed by atoms with Gasteiger partial charge in [-0.25, -0.2) is 0 Å². The molecule has 0 unspecified atom stereocenters. The first-order chi connectivity index (χ1) is 7.83. The molecule has 1 aliphatic rings. The van der Waals surface area contributed by atoms with Crippen LogP contribution in [0.3, 0.4) is 0 Å². The Morgan fingerprint density at radius 1 is 1.18 bits per heavy atom. The van der Waals surface area contributed by atoms with Crippen molar-refractivity contribution < 1.29 is 4.79 Å². The summed E-state index contributed by atoms with van der Waals surface area (Å²) in [4.78, 5) is 16.4. The lowest BCUT2D eigenvalue weighted by Gasteiger charge is -2.34. The van der Waals surface area contributed by atoms with Crippen LogP contribution < -0.4 is 0 Å². The fraction of sp³-hybridized carbons (Fsp3) is 0.929. The Bertz CT molecular complexity index is 253. The molecule has 0 bridgehead atoms. The van der Waals surface area contributed by atoms with E-state index in [-0.39, 0.29) is 5.41 Å². The molecule has 17 heavy (non-hydrogen) atoms. The SMILES string of the molecule is CC(C)C(C)(C)CCC(=O)N1CCN(C)CC1. The normalized spacial score (nSPS) is 18.8. The average molecular weight is 240 g/mol. The summed E-state index contributed by atoms with van der Waals surface area (Å²) in [7, 11) is 2.11. The zero-order valence-corrected chi connectivity index (χ0v) is 12.1. The van der Waals surface area contributed by atoms with Gasteiger partial charge in [-0.3, -0.25) is 4.79 Å². The summed E-state index contributed by atoms with van der Waals surface area (Å²) in [6, 6.07) is 0. The maximum atomic E-state index is 12.1. The molecule has 0 aromatic rings. The number of piperazine rings is 1. The van der Waals surface area contributed by atoms with Gasteiger partial charge in [0.1, 0.15) is 0 Å². The van der Waals surface area contributed by atoms with Gasteiger partial charge in [-0.05, 0) is 24.8 Å². The van der Waals surface area contributed by atoms with Gasteiger partial charge in [-0.15, -0.1) is 0 Å². The molecule has 1 rings (SSSR count). The van der Waals surface area contributed by atoms with Crippen molar-refractivity contribution >= 4 is 5.91 Å². The highest BCUT2D eigenvalue weighted by atomic mass is 16.2. The number of likely N-dealkylation sites (N-methyl/N-ethyl adjacent to an activating group) is 1. The Morgan fingerprint density at radius 3 is 2.18 bits per heavy atom. The number of amides is 1. The van der Waals surface area contributed by atoms with E-state index in [1.807, 2.05) is 4.90 Å². The highest BCUT2D eigenvalue weighted by molar-refractivity contribution is 5.76. The Labute approximate surface area is 106 Å². The molecule has 0 aromatic carbocycles. The van der Waals surface area contributed by atoms with Crippen molar-refractivity contribution in [2.75, 3.05) is 33.2 Å². The van der Waals surface area contributed by atoms with Crippen LogP contribution in [0.2, 0.25) is 0 Å². The van der Waals surface area contributed by atoms with Crippen LogP contribution in [0.25, 0.3) is 0 Å². The average Bonchev–Trinajstić information content (AvgIpc) is 2.27. The highest BCUT2D eigenvalue weighted by Crippen LogP contribution is 2.31. The summed E-state index contributed by atoms with van der Waals surface area (Å²) in [5.41, 5.74) is 0.266. The summed E-state index contributed by atoms with van der Waals surface area (Å²) in [5, 5.41) is 0. The molecule has 1 heterocycles. The van der Waals surface area contributed by atoms with Crippen LogP contribution in [-0.4, -0.2) is 48.9 Å². The van der Waals surface area contributed by atoms with E-state index >= 15 is 0 Å². The minimum absolute atomic E-state index is 0.266. The Morgan fingerprint density at radius 2 is 1.71 bits per heavy atom. The molecule has 100 valence electrons. The second-order valence-electron chi connectivity index (χ2n) is 6.33. The molecule has 0 spiro atoms. The Kier molecular flexibility index (Phi) is 4.99. The van der Waals surface area contributed by atoms with Gasteiger partial charge in [0.15, 0.2) is 0 Å². The van der Waals surface area contributed by atoms with E-state index in [4.69, 9.17) is 0 Å². The summed E-state index contributed by atoms with van der Waals surface area (Å²) in [5.74, 6) is 0.967. The number of carbonyl (C=O) groups is 1. The third kappa shape index (κ3) is 4.30. The van der Waals surface area contributed by atoms with E-state index in [0.29, 0.717) is 18.2 Å². The standard InChI is InChI=1S/C14H28N2O/c1-12(2)14(3,4)7-6-13(17)16-10-8-15(5)9-11-16/h12H,6-11H2,1-5H3. The van der Waals surface area contributed by atoms with Gasteiger partial charge in [0.2, 0.25) is 5.91 Å². The maximum absolute atomic E-state index is 12.1. The molecule has 3 nitrogen and oxygen atoms in total. The maximum Gasteiger partial charge on any atom is 0.222 e. The van der Waals surface area contributed by atoms with Crippen molar-refractivity contribution in [2.24, 2.45) is 11.3 Å². The monoisotopic (exact) mass is 240 g/mol. The van der Waals surface area contributed by atoms with E-state index in [1.54, 1.807) is 0 Å². The van der Waals surface area contributed by atoms with Crippen LogP contribution in [0, 0.1) is 11.3 Å². The summed E-state index contributed by atoms with van der Waals surface area (Å²) >= 11 is 0. The van der Waals surface area contributed by atoms with E-state index < -0.39 is 0 Å². The first kappa shape index (κ1) is 14.5. The molecule has 0 aliphatic carbocycles. The number of hydrogen-bond donors (Lipinski definition) is 0. The first-order valence-electron chi connectivity index (χ1n) is 6.79. The number of rotatable bonds is 4. The van der Waals surface area contributed by atoms with Crippen molar-refractivity contribution in [3.63, 3.8) is 0 Å². The third-order valence-corrected chi connectivity index (χ3v) is 4.40. The molecule has 3 heteroatoms. The fourth-order valence-corrected chi connectivity index (χ4v) is 1.93. The van der Waals surface area contributed by atoms with Gasteiger partial charge >= 0.3 is 0 Å². The van der Waals surface area contributed by atoms with Crippen molar-refractivity contribution in [3.05, 3.63) is 0 Å². The van der Waals surface area contributed by atoms with Crippen molar-refractivity contribution in [1.82, 2.24) is 9.80 Å². The van der Waals surface area contributed by atoms with E-state index in [1.165, 1.54) is 0 Å². The second-order valence-corrected chi connectivity index (χ2v) is 6.33. The van der Waals surface area contributed by atoms with Crippen LogP contribution in [0.1, 0.15) is 40.5 Å². The van der Waals surface area contributed by atoms with Gasteiger partial charge in [-0.2, -0.15) is 0 Å². The van der Waals surface area contributed by atoms with Crippen molar-refractivity contribution in [1.29, 1.82) is 0 Å². The van der Waals surface area contributed by atoms with Gasteiger partial charge in [0.25, 0.3) is 0 Å². The number of hydrogen-bond acceptors (Lipinski definition) is 2. The molecular formula is C14H28N2O. The highest BCUT2D eigenvalue weighted by Gasteiger charge is 2.25. The summed E-state index contributed by atoms with van der Waals surface area (Å²) in [6.45, 7) is 12.8. The third-order valence-electron chi connectivity index (χ3n) is 4.40. The second kappa shape index (κ2) is 5.85. The predicted octanol–water partition coefficient (Wildman–Crippen LogP) is 2.22. The van der Waals surface area contributed by atoms with Gasteiger partial charge < -0.3 is 9.80 Å². The lowest BCUT2D eigenvalue weighted by molar-refractivity contribution is -0.133. The van der Waals surface area contributed by atoms with Crippen LogP contribution in [-0.2, 0) is 4.79 Å². The van der Waals surface area contributed by atoms with Gasteiger partial charge in [-0.1, -0.05) is 27.7 Å². The van der Waals surface area contributed by atoms with E-state index in [9.17, 15) is 4.79 Å². The van der Waals surface area contributed by atoms with Crippen LogP contribution in [0.4, 0.5) is 0 Å². The summed E-state index contributed by atoms with van der Waals surface area (Å²) in [6.07, 6.45) is 1.70.